The number of nitrogens with zero attached hydrogens (tertiary/aromatic N) is 3. The summed E-state index contributed by atoms with van der Waals surface area (Å²) >= 11 is 5.90. The summed E-state index contributed by atoms with van der Waals surface area (Å²) in [6.45, 7) is 0.679. The van der Waals surface area contributed by atoms with Crippen molar-refractivity contribution in [3.8, 4) is 11.5 Å². The first-order valence-electron chi connectivity index (χ1n) is 10.1. The number of piperidine rings is 1. The van der Waals surface area contributed by atoms with Crippen molar-refractivity contribution >= 4 is 39.9 Å². The second kappa shape index (κ2) is 9.13. The smallest absolute Gasteiger partial charge is 0.234 e. The molecule has 8 nitrogen and oxygen atoms in total. The summed E-state index contributed by atoms with van der Waals surface area (Å²) in [5.41, 5.74) is 6.31. The van der Waals surface area contributed by atoms with E-state index in [1.165, 1.54) is 19.5 Å². The number of methoxy groups -OCH3 is 1. The number of hydrogen-bond donors (Lipinski definition) is 2. The van der Waals surface area contributed by atoms with Gasteiger partial charge in [-0.05, 0) is 31.7 Å². The van der Waals surface area contributed by atoms with Crippen LogP contribution in [-0.2, 0) is 4.79 Å². The van der Waals surface area contributed by atoms with Gasteiger partial charge in [-0.1, -0.05) is 17.7 Å². The predicted molar refractivity (Wildman–Crippen MR) is 120 cm³/mol. The molecule has 2 aromatic carbocycles. The molecule has 10 heteroatoms. The van der Waals surface area contributed by atoms with Crippen LogP contribution in [0.4, 0.5) is 15.9 Å². The highest BCUT2D eigenvalue weighted by Crippen LogP contribution is 2.37. The van der Waals surface area contributed by atoms with Gasteiger partial charge >= 0.3 is 0 Å². The van der Waals surface area contributed by atoms with Crippen molar-refractivity contribution in [1.29, 1.82) is 0 Å². The van der Waals surface area contributed by atoms with Crippen molar-refractivity contribution < 1.29 is 18.7 Å². The number of benzene rings is 2. The number of rotatable bonds is 6. The number of likely N-dealkylation sites (tertiary alicyclic amines) is 1. The van der Waals surface area contributed by atoms with Crippen molar-refractivity contribution in [2.45, 2.75) is 25.0 Å². The average Bonchev–Trinajstić information content (AvgIpc) is 2.78. The van der Waals surface area contributed by atoms with E-state index in [2.05, 4.69) is 15.3 Å². The van der Waals surface area contributed by atoms with Crippen LogP contribution in [0.2, 0.25) is 5.02 Å². The first kappa shape index (κ1) is 22.0. The van der Waals surface area contributed by atoms with Crippen molar-refractivity contribution in [2.24, 2.45) is 5.73 Å². The number of aromatic nitrogens is 2. The van der Waals surface area contributed by atoms with E-state index in [1.54, 1.807) is 24.3 Å². The third-order valence-electron chi connectivity index (χ3n) is 5.57. The Hall–Kier alpha value is -3.17. The van der Waals surface area contributed by atoms with Crippen molar-refractivity contribution in [2.75, 3.05) is 26.0 Å². The van der Waals surface area contributed by atoms with Crippen LogP contribution in [0.25, 0.3) is 10.9 Å². The molecule has 0 spiro atoms. The minimum absolute atomic E-state index is 0.00493. The van der Waals surface area contributed by atoms with E-state index in [-0.39, 0.29) is 22.7 Å². The molecule has 3 aromatic rings. The lowest BCUT2D eigenvalue weighted by atomic mass is 9.99. The van der Waals surface area contributed by atoms with Crippen molar-refractivity contribution in [3.63, 3.8) is 0 Å². The Kier molecular flexibility index (Phi) is 6.29. The molecule has 2 heterocycles. The summed E-state index contributed by atoms with van der Waals surface area (Å²) in [4.78, 5) is 22.2. The number of fused-ring (bicyclic) bond motifs is 1. The van der Waals surface area contributed by atoms with Gasteiger partial charge in [0, 0.05) is 24.4 Å². The molecule has 1 aliphatic rings. The second-order valence-electron chi connectivity index (χ2n) is 7.63. The molecular formula is C22H23ClFN5O3. The van der Waals surface area contributed by atoms with Gasteiger partial charge in [0.05, 0.1) is 29.4 Å². The van der Waals surface area contributed by atoms with Crippen LogP contribution in [0, 0.1) is 5.82 Å². The topological polar surface area (TPSA) is 103 Å². The molecule has 168 valence electrons. The van der Waals surface area contributed by atoms with Gasteiger partial charge in [0.25, 0.3) is 0 Å². The van der Waals surface area contributed by atoms with E-state index in [9.17, 15) is 9.18 Å². The minimum Gasteiger partial charge on any atom is -0.493 e. The number of primary amides is 1. The number of likely N-dealkylation sites (N-methyl/N-ethyl adjacent to an activating group) is 1. The maximum absolute atomic E-state index is 14.4. The average molecular weight is 460 g/mol. The van der Waals surface area contributed by atoms with E-state index in [4.69, 9.17) is 26.8 Å². The summed E-state index contributed by atoms with van der Waals surface area (Å²) in [6, 6.07) is 7.76. The molecule has 0 radical (unpaired) electrons. The second-order valence-corrected chi connectivity index (χ2v) is 8.04. The SMILES string of the molecule is COc1cc2ncnc(Nc3cccc(Cl)c3F)c2cc1O[C@H]1CCN(C)[C@H](C(N)=O)C1. The molecule has 32 heavy (non-hydrogen) atoms. The van der Waals surface area contributed by atoms with Crippen molar-refractivity contribution in [3.05, 3.63) is 47.5 Å². The summed E-state index contributed by atoms with van der Waals surface area (Å²) in [5, 5.41) is 3.60. The Labute approximate surface area is 189 Å². The molecule has 0 aliphatic carbocycles. The van der Waals surface area contributed by atoms with E-state index in [0.29, 0.717) is 41.2 Å². The van der Waals surface area contributed by atoms with Crippen LogP contribution in [0.3, 0.4) is 0 Å². The van der Waals surface area contributed by atoms with Crippen LogP contribution in [0.1, 0.15) is 12.8 Å². The van der Waals surface area contributed by atoms with Crippen LogP contribution >= 0.6 is 11.6 Å². The first-order chi connectivity index (χ1) is 15.4. The first-order valence-corrected chi connectivity index (χ1v) is 10.4. The molecule has 1 amide bonds. The number of carbonyl (C=O) groups excluding carboxylic acids is 1. The molecule has 0 saturated carbocycles. The monoisotopic (exact) mass is 459 g/mol. The van der Waals surface area contributed by atoms with Gasteiger partial charge in [-0.15, -0.1) is 0 Å². The molecule has 4 rings (SSSR count). The highest BCUT2D eigenvalue weighted by molar-refractivity contribution is 6.31. The quantitative estimate of drug-likeness (QED) is 0.581. The number of amides is 1. The zero-order valence-electron chi connectivity index (χ0n) is 17.6. The summed E-state index contributed by atoms with van der Waals surface area (Å²) in [5.74, 6) is 0.402. The fourth-order valence-electron chi connectivity index (χ4n) is 3.81. The molecule has 3 N–H and O–H groups in total. The van der Waals surface area contributed by atoms with Gasteiger partial charge < -0.3 is 20.5 Å². The Morgan fingerprint density at radius 3 is 2.88 bits per heavy atom. The molecule has 2 atom stereocenters. The van der Waals surface area contributed by atoms with Crippen molar-refractivity contribution in [1.82, 2.24) is 14.9 Å². The number of carbonyl (C=O) groups is 1. The van der Waals surface area contributed by atoms with Crippen LogP contribution in [0.15, 0.2) is 36.7 Å². The number of anilines is 2. The van der Waals surface area contributed by atoms with Gasteiger partial charge in [-0.3, -0.25) is 9.69 Å². The Bertz CT molecular complexity index is 1160. The van der Waals surface area contributed by atoms with Gasteiger partial charge in [0.2, 0.25) is 5.91 Å². The molecule has 1 aromatic heterocycles. The summed E-state index contributed by atoms with van der Waals surface area (Å²) < 4.78 is 26.1. The van der Waals surface area contributed by atoms with Gasteiger partial charge in [-0.2, -0.15) is 0 Å². The van der Waals surface area contributed by atoms with E-state index in [1.807, 2.05) is 11.9 Å². The maximum Gasteiger partial charge on any atom is 0.234 e. The largest absolute Gasteiger partial charge is 0.493 e. The lowest BCUT2D eigenvalue weighted by Gasteiger charge is -2.35. The standard InChI is InChI=1S/C22H23ClFN5O3/c1-29-7-6-12(8-17(29)21(25)30)32-19-9-13-16(10-18(19)31-2)26-11-27-22(13)28-15-5-3-4-14(23)20(15)24/h3-5,9-12,17H,6-8H2,1-2H3,(H2,25,30)(H,26,27,28)/t12-,17-/m0/s1. The number of ether oxygens (including phenoxy) is 2. The third kappa shape index (κ3) is 4.39. The lowest BCUT2D eigenvalue weighted by Crippen LogP contribution is -2.50. The molecule has 1 saturated heterocycles. The van der Waals surface area contributed by atoms with Gasteiger partial charge in [-0.25, -0.2) is 14.4 Å². The van der Waals surface area contributed by atoms with E-state index >= 15 is 0 Å². The fraction of sp³-hybridized carbons (Fsp3) is 0.318. The number of halogens is 2. The number of hydrogen-bond acceptors (Lipinski definition) is 7. The third-order valence-corrected chi connectivity index (χ3v) is 5.86. The normalized spacial score (nSPS) is 19.0. The Morgan fingerprint density at radius 2 is 2.12 bits per heavy atom. The molecule has 1 fully saturated rings. The zero-order valence-corrected chi connectivity index (χ0v) is 18.4. The van der Waals surface area contributed by atoms with Crippen LogP contribution in [0.5, 0.6) is 11.5 Å². The predicted octanol–water partition coefficient (Wildman–Crippen LogP) is 3.50. The Morgan fingerprint density at radius 1 is 1.31 bits per heavy atom. The molecular weight excluding hydrogens is 437 g/mol. The molecule has 0 unspecified atom stereocenters. The van der Waals surface area contributed by atoms with Gasteiger partial charge in [0.15, 0.2) is 17.3 Å². The highest BCUT2D eigenvalue weighted by Gasteiger charge is 2.31. The molecule has 0 bridgehead atoms. The fourth-order valence-corrected chi connectivity index (χ4v) is 3.99. The molecule has 1 aliphatic heterocycles. The Balaban J connectivity index is 1.68. The zero-order chi connectivity index (χ0) is 22.8. The lowest BCUT2D eigenvalue weighted by molar-refractivity contribution is -0.125. The minimum atomic E-state index is -0.574. The maximum atomic E-state index is 14.4. The number of nitrogens with one attached hydrogen (secondary N) is 1. The highest BCUT2D eigenvalue weighted by atomic mass is 35.5. The summed E-state index contributed by atoms with van der Waals surface area (Å²) in [6.07, 6.45) is 2.35. The van der Waals surface area contributed by atoms with Crippen LogP contribution < -0.4 is 20.5 Å². The van der Waals surface area contributed by atoms with E-state index in [0.717, 1.165) is 6.42 Å². The van der Waals surface area contributed by atoms with Crippen LogP contribution in [-0.4, -0.2) is 53.6 Å². The van der Waals surface area contributed by atoms with E-state index < -0.39 is 11.9 Å². The summed E-state index contributed by atoms with van der Waals surface area (Å²) in [7, 11) is 3.41. The van der Waals surface area contributed by atoms with Gasteiger partial charge in [0.1, 0.15) is 18.2 Å². The number of nitrogens with two attached hydrogens (primary N) is 1.